The summed E-state index contributed by atoms with van der Waals surface area (Å²) < 4.78 is 0. The van der Waals surface area contributed by atoms with E-state index >= 15 is 0 Å². The van der Waals surface area contributed by atoms with Crippen LogP contribution in [0.5, 0.6) is 0 Å². The maximum atomic E-state index is 11.7. The minimum absolute atomic E-state index is 0.209. The fourth-order valence-corrected chi connectivity index (χ4v) is 2.83. The van der Waals surface area contributed by atoms with Crippen LogP contribution in [-0.2, 0) is 6.54 Å². The number of nitrogens with one attached hydrogen (secondary N) is 1. The number of hydrazine groups is 1. The highest BCUT2D eigenvalue weighted by Gasteiger charge is 2.20. The molecule has 0 radical (unpaired) electrons. The van der Waals surface area contributed by atoms with Crippen molar-refractivity contribution in [1.29, 1.82) is 0 Å². The standard InChI is InChI=1S/C15H23N3O/c1-2-12-6-5-9-18(10-12)11-13-7-3-4-8-14(13)15(19)17-16/h3-4,7-8,12H,2,5-6,9-11,16H2,1H3,(H,17,19). The molecule has 0 spiro atoms. The summed E-state index contributed by atoms with van der Waals surface area (Å²) in [6.07, 6.45) is 3.82. The van der Waals surface area contributed by atoms with Gasteiger partial charge in [-0.25, -0.2) is 5.84 Å². The van der Waals surface area contributed by atoms with E-state index in [0.717, 1.165) is 31.1 Å². The number of benzene rings is 1. The summed E-state index contributed by atoms with van der Waals surface area (Å²) in [5, 5.41) is 0. The average molecular weight is 261 g/mol. The molecule has 3 N–H and O–H groups in total. The maximum absolute atomic E-state index is 11.7. The van der Waals surface area contributed by atoms with Crippen LogP contribution in [0, 0.1) is 5.92 Å². The van der Waals surface area contributed by atoms with Gasteiger partial charge in [0, 0.05) is 18.7 Å². The molecule has 1 heterocycles. The summed E-state index contributed by atoms with van der Waals surface area (Å²) in [5.41, 5.74) is 3.96. The van der Waals surface area contributed by atoms with Crippen molar-refractivity contribution in [3.63, 3.8) is 0 Å². The van der Waals surface area contributed by atoms with Gasteiger partial charge in [-0.05, 0) is 36.9 Å². The molecule has 19 heavy (non-hydrogen) atoms. The van der Waals surface area contributed by atoms with Gasteiger partial charge in [-0.3, -0.25) is 15.1 Å². The van der Waals surface area contributed by atoms with Crippen LogP contribution in [0.2, 0.25) is 0 Å². The van der Waals surface area contributed by atoms with Gasteiger partial charge in [0.25, 0.3) is 5.91 Å². The molecule has 0 bridgehead atoms. The second-order valence-electron chi connectivity index (χ2n) is 5.28. The molecule has 1 aliphatic heterocycles. The summed E-state index contributed by atoms with van der Waals surface area (Å²) in [7, 11) is 0. The zero-order valence-corrected chi connectivity index (χ0v) is 11.6. The summed E-state index contributed by atoms with van der Waals surface area (Å²) in [4.78, 5) is 14.2. The highest BCUT2D eigenvalue weighted by atomic mass is 16.2. The Balaban J connectivity index is 2.08. The first-order valence-corrected chi connectivity index (χ1v) is 7.05. The quantitative estimate of drug-likeness (QED) is 0.494. The molecule has 1 aliphatic rings. The first kappa shape index (κ1) is 14.0. The Labute approximate surface area is 114 Å². The summed E-state index contributed by atoms with van der Waals surface area (Å²) in [6, 6.07) is 7.70. The van der Waals surface area contributed by atoms with Gasteiger partial charge in [0.15, 0.2) is 0 Å². The third kappa shape index (κ3) is 3.55. The number of nitrogens with two attached hydrogens (primary N) is 1. The number of hydrogen-bond acceptors (Lipinski definition) is 3. The number of nitrogens with zero attached hydrogens (tertiary/aromatic N) is 1. The number of carbonyl (C=O) groups excluding carboxylic acids is 1. The smallest absolute Gasteiger partial charge is 0.265 e. The first-order chi connectivity index (χ1) is 9.24. The Bertz CT molecular complexity index is 433. The molecule has 1 atom stereocenters. The Morgan fingerprint density at radius 1 is 1.47 bits per heavy atom. The van der Waals surface area contributed by atoms with Crippen LogP contribution in [-0.4, -0.2) is 23.9 Å². The minimum Gasteiger partial charge on any atom is -0.299 e. The van der Waals surface area contributed by atoms with Gasteiger partial charge in [-0.15, -0.1) is 0 Å². The highest BCUT2D eigenvalue weighted by Crippen LogP contribution is 2.21. The van der Waals surface area contributed by atoms with E-state index < -0.39 is 0 Å². The molecule has 104 valence electrons. The predicted molar refractivity (Wildman–Crippen MR) is 76.4 cm³/mol. The fraction of sp³-hybridized carbons (Fsp3) is 0.533. The number of nitrogen functional groups attached to an aromatic ring is 1. The Morgan fingerprint density at radius 2 is 2.26 bits per heavy atom. The van der Waals surface area contributed by atoms with Crippen molar-refractivity contribution in [2.24, 2.45) is 11.8 Å². The van der Waals surface area contributed by atoms with E-state index in [9.17, 15) is 4.79 Å². The zero-order valence-electron chi connectivity index (χ0n) is 11.6. The largest absolute Gasteiger partial charge is 0.299 e. The Kier molecular flexibility index (Phi) is 4.93. The Hall–Kier alpha value is -1.39. The molecule has 1 saturated heterocycles. The van der Waals surface area contributed by atoms with E-state index in [1.165, 1.54) is 19.3 Å². The molecule has 1 aromatic carbocycles. The van der Waals surface area contributed by atoms with Crippen molar-refractivity contribution < 1.29 is 4.79 Å². The third-order valence-electron chi connectivity index (χ3n) is 3.97. The number of amides is 1. The summed E-state index contributed by atoms with van der Waals surface area (Å²) >= 11 is 0. The van der Waals surface area contributed by atoms with Crippen molar-refractivity contribution >= 4 is 5.91 Å². The van der Waals surface area contributed by atoms with Gasteiger partial charge in [-0.1, -0.05) is 31.5 Å². The number of carbonyl (C=O) groups is 1. The van der Waals surface area contributed by atoms with Crippen molar-refractivity contribution in [3.8, 4) is 0 Å². The Morgan fingerprint density at radius 3 is 3.00 bits per heavy atom. The number of hydrogen-bond donors (Lipinski definition) is 2. The number of likely N-dealkylation sites (tertiary alicyclic amines) is 1. The van der Waals surface area contributed by atoms with Crippen molar-refractivity contribution in [1.82, 2.24) is 10.3 Å². The van der Waals surface area contributed by atoms with E-state index in [2.05, 4.69) is 17.2 Å². The molecule has 0 aromatic heterocycles. The van der Waals surface area contributed by atoms with Crippen LogP contribution in [0.4, 0.5) is 0 Å². The monoisotopic (exact) mass is 261 g/mol. The molecular formula is C15H23N3O. The van der Waals surface area contributed by atoms with E-state index in [1.54, 1.807) is 0 Å². The maximum Gasteiger partial charge on any atom is 0.265 e. The van der Waals surface area contributed by atoms with E-state index in [-0.39, 0.29) is 5.91 Å². The van der Waals surface area contributed by atoms with E-state index in [1.807, 2.05) is 24.3 Å². The van der Waals surface area contributed by atoms with Crippen LogP contribution in [0.1, 0.15) is 42.1 Å². The van der Waals surface area contributed by atoms with Crippen LogP contribution in [0.15, 0.2) is 24.3 Å². The second-order valence-corrected chi connectivity index (χ2v) is 5.28. The topological polar surface area (TPSA) is 58.4 Å². The van der Waals surface area contributed by atoms with Crippen molar-refractivity contribution in [2.45, 2.75) is 32.7 Å². The molecule has 1 amide bonds. The lowest BCUT2D eigenvalue weighted by atomic mass is 9.95. The zero-order chi connectivity index (χ0) is 13.7. The van der Waals surface area contributed by atoms with E-state index in [0.29, 0.717) is 5.56 Å². The molecule has 1 aromatic rings. The molecular weight excluding hydrogens is 238 g/mol. The lowest BCUT2D eigenvalue weighted by molar-refractivity contribution is 0.0950. The van der Waals surface area contributed by atoms with Crippen LogP contribution in [0.25, 0.3) is 0 Å². The molecule has 0 saturated carbocycles. The highest BCUT2D eigenvalue weighted by molar-refractivity contribution is 5.95. The second kappa shape index (κ2) is 6.68. The van der Waals surface area contributed by atoms with Crippen LogP contribution < -0.4 is 11.3 Å². The van der Waals surface area contributed by atoms with Gasteiger partial charge in [0.2, 0.25) is 0 Å². The van der Waals surface area contributed by atoms with Gasteiger partial charge in [0.05, 0.1) is 0 Å². The van der Waals surface area contributed by atoms with Gasteiger partial charge in [0.1, 0.15) is 0 Å². The van der Waals surface area contributed by atoms with Gasteiger partial charge >= 0.3 is 0 Å². The summed E-state index contributed by atoms with van der Waals surface area (Å²) in [6.45, 7) is 5.34. The normalized spacial score (nSPS) is 20.2. The minimum atomic E-state index is -0.209. The SMILES string of the molecule is CCC1CCCN(Cc2ccccc2C(=O)NN)C1. The lowest BCUT2D eigenvalue weighted by Gasteiger charge is -2.32. The average Bonchev–Trinajstić information content (AvgIpc) is 2.47. The fourth-order valence-electron chi connectivity index (χ4n) is 2.83. The first-order valence-electron chi connectivity index (χ1n) is 7.05. The van der Waals surface area contributed by atoms with Crippen LogP contribution in [0.3, 0.4) is 0 Å². The van der Waals surface area contributed by atoms with E-state index in [4.69, 9.17) is 5.84 Å². The van der Waals surface area contributed by atoms with Gasteiger partial charge < -0.3 is 0 Å². The van der Waals surface area contributed by atoms with Crippen LogP contribution >= 0.6 is 0 Å². The number of rotatable bonds is 4. The summed E-state index contributed by atoms with van der Waals surface area (Å²) in [5.74, 6) is 5.82. The van der Waals surface area contributed by atoms with Crippen molar-refractivity contribution in [3.05, 3.63) is 35.4 Å². The third-order valence-corrected chi connectivity index (χ3v) is 3.97. The molecule has 1 unspecified atom stereocenters. The predicted octanol–water partition coefficient (Wildman–Crippen LogP) is 1.91. The molecule has 1 fully saturated rings. The molecule has 4 nitrogen and oxygen atoms in total. The molecule has 0 aliphatic carbocycles. The lowest BCUT2D eigenvalue weighted by Crippen LogP contribution is -2.36. The molecule has 2 rings (SSSR count). The van der Waals surface area contributed by atoms with Gasteiger partial charge in [-0.2, -0.15) is 0 Å². The molecule has 4 heteroatoms. The van der Waals surface area contributed by atoms with Crippen molar-refractivity contribution in [2.75, 3.05) is 13.1 Å². The number of piperidine rings is 1.